The van der Waals surface area contributed by atoms with Crippen LogP contribution in [0.25, 0.3) is 0 Å². The third-order valence-corrected chi connectivity index (χ3v) is 4.93. The number of hydrogen-bond acceptors (Lipinski definition) is 5. The lowest BCUT2D eigenvalue weighted by Crippen LogP contribution is -2.30. The van der Waals surface area contributed by atoms with Crippen molar-refractivity contribution in [2.24, 2.45) is 0 Å². The van der Waals surface area contributed by atoms with Crippen molar-refractivity contribution < 1.29 is 9.18 Å². The molecule has 0 aliphatic rings. The zero-order chi connectivity index (χ0) is 21.0. The molecule has 0 fully saturated rings. The number of benzene rings is 2. The first kappa shape index (κ1) is 20.6. The van der Waals surface area contributed by atoms with Crippen molar-refractivity contribution in [3.63, 3.8) is 0 Å². The van der Waals surface area contributed by atoms with E-state index in [9.17, 15) is 14.0 Å². The quantitative estimate of drug-likeness (QED) is 0.596. The normalized spacial score (nSPS) is 10.6. The van der Waals surface area contributed by atoms with Gasteiger partial charge in [0.1, 0.15) is 12.4 Å². The highest BCUT2D eigenvalue weighted by atomic mass is 32.2. The molecule has 2 N–H and O–H groups in total. The fourth-order valence-electron chi connectivity index (χ4n) is 2.77. The molecule has 8 heteroatoms. The molecule has 0 unspecified atom stereocenters. The molecule has 150 valence electrons. The van der Waals surface area contributed by atoms with Crippen LogP contribution in [0.4, 0.5) is 21.7 Å². The van der Waals surface area contributed by atoms with E-state index in [1.165, 1.54) is 16.7 Å². The second-order valence-corrected chi connectivity index (χ2v) is 7.39. The van der Waals surface area contributed by atoms with Crippen molar-refractivity contribution in [3.05, 3.63) is 76.0 Å². The number of thioether (sulfide) groups is 1. The van der Waals surface area contributed by atoms with E-state index in [2.05, 4.69) is 15.6 Å². The van der Waals surface area contributed by atoms with Crippen LogP contribution in [0.3, 0.4) is 0 Å². The SMILES string of the molecule is CSc1cccc(NC(=O)Cn2c(Nc3ccc(F)c(C)c3)nc(C)cc2=O)c1. The zero-order valence-electron chi connectivity index (χ0n) is 16.3. The van der Waals surface area contributed by atoms with E-state index >= 15 is 0 Å². The molecule has 0 aliphatic carbocycles. The number of carbonyl (C=O) groups excluding carboxylic acids is 1. The minimum absolute atomic E-state index is 0.210. The number of halogens is 1. The summed E-state index contributed by atoms with van der Waals surface area (Å²) < 4.78 is 14.8. The average Bonchev–Trinajstić information content (AvgIpc) is 2.67. The zero-order valence-corrected chi connectivity index (χ0v) is 17.1. The molecule has 29 heavy (non-hydrogen) atoms. The second-order valence-electron chi connectivity index (χ2n) is 6.51. The van der Waals surface area contributed by atoms with Gasteiger partial charge in [0.15, 0.2) is 0 Å². The first-order chi connectivity index (χ1) is 13.9. The van der Waals surface area contributed by atoms with Crippen LogP contribution in [0.1, 0.15) is 11.3 Å². The molecule has 0 bridgehead atoms. The van der Waals surface area contributed by atoms with E-state index in [0.717, 1.165) is 4.90 Å². The standard InChI is InChI=1S/C21H21FN4O2S/c1-13-9-16(7-8-18(13)22)25-21-23-14(2)10-20(28)26(21)12-19(27)24-15-5-4-6-17(11-15)29-3/h4-11H,12H2,1-3H3,(H,23,25)(H,24,27). The van der Waals surface area contributed by atoms with E-state index in [1.807, 2.05) is 24.5 Å². The van der Waals surface area contributed by atoms with Gasteiger partial charge in [-0.2, -0.15) is 0 Å². The summed E-state index contributed by atoms with van der Waals surface area (Å²) in [6.45, 7) is 3.13. The lowest BCUT2D eigenvalue weighted by molar-refractivity contribution is -0.116. The summed E-state index contributed by atoms with van der Waals surface area (Å²) in [5, 5.41) is 5.81. The largest absolute Gasteiger partial charge is 0.326 e. The molecular weight excluding hydrogens is 391 g/mol. The molecule has 0 spiro atoms. The van der Waals surface area contributed by atoms with Crippen LogP contribution >= 0.6 is 11.8 Å². The fraction of sp³-hybridized carbons (Fsp3) is 0.190. The Labute approximate surface area is 172 Å². The number of carbonyl (C=O) groups is 1. The molecule has 1 aromatic heterocycles. The Bertz CT molecular complexity index is 1110. The Balaban J connectivity index is 1.85. The highest BCUT2D eigenvalue weighted by Gasteiger charge is 2.13. The molecule has 0 saturated carbocycles. The number of amides is 1. The van der Waals surface area contributed by atoms with Crippen molar-refractivity contribution >= 4 is 35.0 Å². The van der Waals surface area contributed by atoms with Crippen LogP contribution < -0.4 is 16.2 Å². The molecule has 0 radical (unpaired) electrons. The van der Waals surface area contributed by atoms with E-state index < -0.39 is 0 Å². The van der Waals surface area contributed by atoms with Crippen molar-refractivity contribution in [2.45, 2.75) is 25.3 Å². The van der Waals surface area contributed by atoms with Crippen molar-refractivity contribution in [2.75, 3.05) is 16.9 Å². The Morgan fingerprint density at radius 1 is 1.14 bits per heavy atom. The van der Waals surface area contributed by atoms with Gasteiger partial charge in [0.05, 0.1) is 0 Å². The van der Waals surface area contributed by atoms with Gasteiger partial charge in [0, 0.05) is 28.0 Å². The second kappa shape index (κ2) is 8.91. The van der Waals surface area contributed by atoms with Crippen LogP contribution in [0.2, 0.25) is 0 Å². The van der Waals surface area contributed by atoms with Crippen LogP contribution in [0, 0.1) is 19.7 Å². The van der Waals surface area contributed by atoms with Crippen molar-refractivity contribution in [3.8, 4) is 0 Å². The van der Waals surface area contributed by atoms with Gasteiger partial charge in [-0.1, -0.05) is 6.07 Å². The first-order valence-electron chi connectivity index (χ1n) is 8.91. The summed E-state index contributed by atoms with van der Waals surface area (Å²) in [4.78, 5) is 30.4. The number of anilines is 3. The minimum atomic E-state index is -0.355. The number of hydrogen-bond donors (Lipinski definition) is 2. The summed E-state index contributed by atoms with van der Waals surface area (Å²) in [5.41, 5.74) is 1.84. The Kier molecular flexibility index (Phi) is 6.33. The number of nitrogens with one attached hydrogen (secondary N) is 2. The molecule has 0 atom stereocenters. The van der Waals surface area contributed by atoms with Gasteiger partial charge < -0.3 is 10.6 Å². The third kappa shape index (κ3) is 5.23. The van der Waals surface area contributed by atoms with Crippen LogP contribution in [-0.4, -0.2) is 21.7 Å². The molecule has 3 aromatic rings. The summed E-state index contributed by atoms with van der Waals surface area (Å²) in [7, 11) is 0. The summed E-state index contributed by atoms with van der Waals surface area (Å²) in [6, 6.07) is 13.3. The predicted molar refractivity (Wildman–Crippen MR) is 115 cm³/mol. The van der Waals surface area contributed by atoms with Gasteiger partial charge in [-0.15, -0.1) is 11.8 Å². The maximum absolute atomic E-state index is 13.5. The van der Waals surface area contributed by atoms with Crippen LogP contribution in [0.5, 0.6) is 0 Å². The predicted octanol–water partition coefficient (Wildman–Crippen LogP) is 4.10. The molecule has 6 nitrogen and oxygen atoms in total. The van der Waals surface area contributed by atoms with Crippen molar-refractivity contribution in [1.82, 2.24) is 9.55 Å². The minimum Gasteiger partial charge on any atom is -0.326 e. The molecule has 0 saturated heterocycles. The molecule has 0 aliphatic heterocycles. The summed E-state index contributed by atoms with van der Waals surface area (Å²) in [5.74, 6) is -0.458. The smallest absolute Gasteiger partial charge is 0.255 e. The highest BCUT2D eigenvalue weighted by Crippen LogP contribution is 2.20. The topological polar surface area (TPSA) is 76.0 Å². The first-order valence-corrected chi connectivity index (χ1v) is 10.1. The number of aryl methyl sites for hydroxylation is 2. The van der Waals surface area contributed by atoms with Gasteiger partial charge in [-0.25, -0.2) is 9.37 Å². The maximum atomic E-state index is 13.5. The Morgan fingerprint density at radius 3 is 2.66 bits per heavy atom. The van der Waals surface area contributed by atoms with Gasteiger partial charge in [-0.05, 0) is 62.1 Å². The van der Waals surface area contributed by atoms with E-state index in [-0.39, 0.29) is 29.8 Å². The highest BCUT2D eigenvalue weighted by molar-refractivity contribution is 7.98. The average molecular weight is 412 g/mol. The van der Waals surface area contributed by atoms with Gasteiger partial charge in [0.25, 0.3) is 5.56 Å². The molecule has 1 heterocycles. The van der Waals surface area contributed by atoms with Gasteiger partial charge >= 0.3 is 0 Å². The van der Waals surface area contributed by atoms with Crippen LogP contribution in [-0.2, 0) is 11.3 Å². The van der Waals surface area contributed by atoms with E-state index in [0.29, 0.717) is 22.6 Å². The van der Waals surface area contributed by atoms with Gasteiger partial charge in [0.2, 0.25) is 11.9 Å². The molecular formula is C21H21FN4O2S. The maximum Gasteiger partial charge on any atom is 0.255 e. The molecule has 3 rings (SSSR count). The Hall–Kier alpha value is -3.13. The summed E-state index contributed by atoms with van der Waals surface area (Å²) in [6.07, 6.45) is 1.95. The molecule has 1 amide bonds. The molecule has 2 aromatic carbocycles. The van der Waals surface area contributed by atoms with Crippen LogP contribution in [0.15, 0.2) is 58.2 Å². The lowest BCUT2D eigenvalue weighted by atomic mass is 10.2. The van der Waals surface area contributed by atoms with Gasteiger partial charge in [-0.3, -0.25) is 14.2 Å². The third-order valence-electron chi connectivity index (χ3n) is 4.21. The fourth-order valence-corrected chi connectivity index (χ4v) is 3.22. The number of rotatable bonds is 6. The number of nitrogens with zero attached hydrogens (tertiary/aromatic N) is 2. The number of aromatic nitrogens is 2. The monoisotopic (exact) mass is 412 g/mol. The van der Waals surface area contributed by atoms with Crippen molar-refractivity contribution in [1.29, 1.82) is 0 Å². The van der Waals surface area contributed by atoms with E-state index in [4.69, 9.17) is 0 Å². The van der Waals surface area contributed by atoms with E-state index in [1.54, 1.807) is 43.8 Å². The summed E-state index contributed by atoms with van der Waals surface area (Å²) >= 11 is 1.57. The Morgan fingerprint density at radius 2 is 1.93 bits per heavy atom. The lowest BCUT2D eigenvalue weighted by Gasteiger charge is -2.15.